The summed E-state index contributed by atoms with van der Waals surface area (Å²) < 4.78 is 21.2. The lowest BCUT2D eigenvalue weighted by atomic mass is 9.99. The molecular formula is C24H28O11. The maximum Gasteiger partial charge on any atom is 0.333 e. The van der Waals surface area contributed by atoms with Gasteiger partial charge in [-0.2, -0.15) is 0 Å². The van der Waals surface area contributed by atoms with Crippen molar-refractivity contribution in [1.82, 2.24) is 0 Å². The van der Waals surface area contributed by atoms with E-state index in [9.17, 15) is 35.4 Å². The average Bonchev–Trinajstić information content (AvgIpc) is 2.88. The van der Waals surface area contributed by atoms with Crippen LogP contribution in [0.4, 0.5) is 0 Å². The standard InChI is InChI=1S/C24H28O11/c1-32-17-11-15(24(31,13-26)35-19(27)10-7-14-5-3-2-4-6-14)8-9-16(17)33-23-22(30)21(29)20(28)18(12-25)34-23/h2-11,18,20-23,25-26,28-31H,12-13H2,1H3/t18-,20-,21+,22-,23-,24-/m0/s1. The van der Waals surface area contributed by atoms with Crippen molar-refractivity contribution in [3.8, 4) is 11.5 Å². The summed E-state index contributed by atoms with van der Waals surface area (Å²) in [7, 11) is 1.28. The Hall–Kier alpha value is -3.03. The van der Waals surface area contributed by atoms with Crippen LogP contribution in [0.25, 0.3) is 6.08 Å². The molecule has 0 aromatic heterocycles. The molecule has 35 heavy (non-hydrogen) atoms. The SMILES string of the molecule is COc1cc([C@](O)(CO)OC(=O)C=Cc2ccccc2)ccc1O[C@H]1O[C@@H](CO)[C@H](O)[C@@H](O)[C@@H]1O. The Morgan fingerprint density at radius 1 is 1.03 bits per heavy atom. The molecule has 1 aliphatic heterocycles. The largest absolute Gasteiger partial charge is 0.493 e. The summed E-state index contributed by atoms with van der Waals surface area (Å²) in [6.45, 7) is -1.59. The van der Waals surface area contributed by atoms with Gasteiger partial charge in [0, 0.05) is 11.6 Å². The van der Waals surface area contributed by atoms with E-state index < -0.39 is 55.7 Å². The number of benzene rings is 2. The third-order valence-corrected chi connectivity index (χ3v) is 5.40. The van der Waals surface area contributed by atoms with Crippen molar-refractivity contribution in [2.24, 2.45) is 0 Å². The zero-order valence-corrected chi connectivity index (χ0v) is 18.8. The van der Waals surface area contributed by atoms with Gasteiger partial charge in [0.25, 0.3) is 5.79 Å². The summed E-state index contributed by atoms with van der Waals surface area (Å²) in [4.78, 5) is 12.3. The lowest BCUT2D eigenvalue weighted by molar-refractivity contribution is -0.277. The number of aliphatic hydroxyl groups excluding tert-OH is 5. The third-order valence-electron chi connectivity index (χ3n) is 5.40. The van der Waals surface area contributed by atoms with Crippen LogP contribution in [0.3, 0.4) is 0 Å². The van der Waals surface area contributed by atoms with Crippen LogP contribution in [-0.2, 0) is 20.1 Å². The Morgan fingerprint density at radius 2 is 1.74 bits per heavy atom. The van der Waals surface area contributed by atoms with Gasteiger partial charge in [-0.15, -0.1) is 0 Å². The van der Waals surface area contributed by atoms with Gasteiger partial charge in [0.2, 0.25) is 6.29 Å². The number of methoxy groups -OCH3 is 1. The molecule has 2 aromatic carbocycles. The zero-order valence-electron chi connectivity index (χ0n) is 18.8. The number of hydrogen-bond acceptors (Lipinski definition) is 11. The Labute approximate surface area is 201 Å². The van der Waals surface area contributed by atoms with Crippen LogP contribution in [0, 0.1) is 0 Å². The first-order valence-corrected chi connectivity index (χ1v) is 10.7. The van der Waals surface area contributed by atoms with E-state index in [0.29, 0.717) is 0 Å². The molecule has 0 spiro atoms. The van der Waals surface area contributed by atoms with Crippen molar-refractivity contribution in [2.75, 3.05) is 20.3 Å². The number of rotatable bonds is 9. The summed E-state index contributed by atoms with van der Waals surface area (Å²) in [5.74, 6) is -3.32. The fourth-order valence-corrected chi connectivity index (χ4v) is 3.41. The Bertz CT molecular complexity index is 1010. The van der Waals surface area contributed by atoms with Crippen LogP contribution >= 0.6 is 0 Å². The molecule has 1 heterocycles. The van der Waals surface area contributed by atoms with E-state index in [0.717, 1.165) is 11.6 Å². The average molecular weight is 492 g/mol. The molecule has 1 fully saturated rings. The van der Waals surface area contributed by atoms with Crippen molar-refractivity contribution in [1.29, 1.82) is 0 Å². The van der Waals surface area contributed by atoms with Crippen molar-refractivity contribution in [2.45, 2.75) is 36.5 Å². The molecule has 3 rings (SSSR count). The second-order valence-electron chi connectivity index (χ2n) is 7.79. The quantitative estimate of drug-likeness (QED) is 0.148. The van der Waals surface area contributed by atoms with Crippen LogP contribution in [-0.4, -0.2) is 87.6 Å². The zero-order chi connectivity index (χ0) is 25.6. The summed E-state index contributed by atoms with van der Waals surface area (Å²) >= 11 is 0. The number of ether oxygens (including phenoxy) is 4. The lowest BCUT2D eigenvalue weighted by Gasteiger charge is -2.39. The van der Waals surface area contributed by atoms with Gasteiger partial charge in [-0.1, -0.05) is 30.3 Å². The van der Waals surface area contributed by atoms with Crippen molar-refractivity contribution < 1.29 is 54.4 Å². The number of esters is 1. The molecule has 0 aliphatic carbocycles. The first-order valence-electron chi connectivity index (χ1n) is 10.7. The molecule has 1 saturated heterocycles. The van der Waals surface area contributed by atoms with Crippen LogP contribution < -0.4 is 9.47 Å². The van der Waals surface area contributed by atoms with Gasteiger partial charge in [0.05, 0.1) is 13.7 Å². The molecule has 11 heteroatoms. The fraction of sp³-hybridized carbons (Fsp3) is 0.375. The highest BCUT2D eigenvalue weighted by molar-refractivity contribution is 5.87. The first-order chi connectivity index (χ1) is 16.7. The van der Waals surface area contributed by atoms with Gasteiger partial charge in [-0.3, -0.25) is 0 Å². The van der Waals surface area contributed by atoms with E-state index in [2.05, 4.69) is 0 Å². The van der Waals surface area contributed by atoms with Gasteiger partial charge in [-0.25, -0.2) is 4.79 Å². The third kappa shape index (κ3) is 6.16. The second kappa shape index (κ2) is 11.6. The van der Waals surface area contributed by atoms with E-state index in [1.807, 2.05) is 6.07 Å². The molecule has 1 aliphatic rings. The fourth-order valence-electron chi connectivity index (χ4n) is 3.41. The smallest absolute Gasteiger partial charge is 0.333 e. The van der Waals surface area contributed by atoms with E-state index >= 15 is 0 Å². The lowest BCUT2D eigenvalue weighted by Crippen LogP contribution is -2.60. The highest BCUT2D eigenvalue weighted by Crippen LogP contribution is 2.35. The van der Waals surface area contributed by atoms with Gasteiger partial charge in [0.1, 0.15) is 31.0 Å². The monoisotopic (exact) mass is 492 g/mol. The number of aliphatic hydroxyl groups is 6. The van der Waals surface area contributed by atoms with E-state index in [4.69, 9.17) is 18.9 Å². The van der Waals surface area contributed by atoms with E-state index in [1.165, 1.54) is 31.4 Å². The van der Waals surface area contributed by atoms with Crippen LogP contribution in [0.5, 0.6) is 11.5 Å². The van der Waals surface area contributed by atoms with Crippen molar-refractivity contribution in [3.05, 3.63) is 65.7 Å². The molecular weight excluding hydrogens is 464 g/mol. The Morgan fingerprint density at radius 3 is 2.37 bits per heavy atom. The molecule has 2 aromatic rings. The topological polar surface area (TPSA) is 175 Å². The van der Waals surface area contributed by atoms with Crippen molar-refractivity contribution >= 4 is 12.0 Å². The highest BCUT2D eigenvalue weighted by atomic mass is 16.7. The summed E-state index contributed by atoms with van der Waals surface area (Å²) in [6.07, 6.45) is -4.90. The van der Waals surface area contributed by atoms with Gasteiger partial charge >= 0.3 is 5.97 Å². The molecule has 190 valence electrons. The molecule has 0 unspecified atom stereocenters. The molecule has 0 bridgehead atoms. The number of carbonyl (C=O) groups excluding carboxylic acids is 1. The Kier molecular flexibility index (Phi) is 8.81. The van der Waals surface area contributed by atoms with Gasteiger partial charge in [0.15, 0.2) is 11.5 Å². The number of hydrogen-bond donors (Lipinski definition) is 6. The molecule has 0 radical (unpaired) electrons. The van der Waals surface area contributed by atoms with E-state index in [-0.39, 0.29) is 17.1 Å². The molecule has 6 atom stereocenters. The van der Waals surface area contributed by atoms with Crippen LogP contribution in [0.2, 0.25) is 0 Å². The van der Waals surface area contributed by atoms with Crippen LogP contribution in [0.1, 0.15) is 11.1 Å². The molecule has 0 saturated carbocycles. The molecule has 11 nitrogen and oxygen atoms in total. The minimum atomic E-state index is -2.41. The Balaban J connectivity index is 1.77. The normalized spacial score (nSPS) is 26.2. The highest BCUT2D eigenvalue weighted by Gasteiger charge is 2.45. The summed E-state index contributed by atoms with van der Waals surface area (Å²) in [5.41, 5.74) is 0.688. The van der Waals surface area contributed by atoms with Crippen LogP contribution in [0.15, 0.2) is 54.6 Å². The van der Waals surface area contributed by atoms with Crippen molar-refractivity contribution in [3.63, 3.8) is 0 Å². The minimum Gasteiger partial charge on any atom is -0.493 e. The van der Waals surface area contributed by atoms with Gasteiger partial charge < -0.3 is 49.6 Å². The maximum absolute atomic E-state index is 12.3. The second-order valence-corrected chi connectivity index (χ2v) is 7.79. The molecule has 6 N–H and O–H groups in total. The predicted octanol–water partition coefficient (Wildman–Crippen LogP) is -0.732. The predicted molar refractivity (Wildman–Crippen MR) is 120 cm³/mol. The summed E-state index contributed by atoms with van der Waals surface area (Å²) in [6, 6.07) is 12.7. The maximum atomic E-state index is 12.3. The van der Waals surface area contributed by atoms with Gasteiger partial charge in [-0.05, 0) is 29.8 Å². The number of carbonyl (C=O) groups is 1. The first kappa shape index (κ1) is 26.6. The van der Waals surface area contributed by atoms with E-state index in [1.54, 1.807) is 24.3 Å². The summed E-state index contributed by atoms with van der Waals surface area (Å²) in [5, 5.41) is 59.9. The molecule has 0 amide bonds. The minimum absolute atomic E-state index is 0.00205.